The lowest BCUT2D eigenvalue weighted by Gasteiger charge is -2.22. The number of amides is 1. The topological polar surface area (TPSA) is 71.4 Å². The van der Waals surface area contributed by atoms with E-state index in [1.807, 2.05) is 43.3 Å². The lowest BCUT2D eigenvalue weighted by atomic mass is 10.1. The van der Waals surface area contributed by atoms with Crippen LogP contribution in [0.1, 0.15) is 12.5 Å². The molecule has 0 unspecified atom stereocenters. The van der Waals surface area contributed by atoms with Crippen LogP contribution in [0.3, 0.4) is 0 Å². The molecule has 4 aromatic rings. The van der Waals surface area contributed by atoms with E-state index in [4.69, 9.17) is 0 Å². The van der Waals surface area contributed by atoms with Gasteiger partial charge in [0, 0.05) is 34.0 Å². The van der Waals surface area contributed by atoms with Crippen LogP contribution in [-0.2, 0) is 21.4 Å². The predicted octanol–water partition coefficient (Wildman–Crippen LogP) is 4.53. The lowest BCUT2D eigenvalue weighted by Crippen LogP contribution is -2.37. The van der Waals surface area contributed by atoms with E-state index in [0.717, 1.165) is 44.5 Å². The summed E-state index contributed by atoms with van der Waals surface area (Å²) in [6.45, 7) is 4.53. The fraction of sp³-hybridized carbons (Fsp3) is 0.208. The van der Waals surface area contributed by atoms with Crippen LogP contribution in [0.4, 0.5) is 11.4 Å². The highest BCUT2D eigenvalue weighted by atomic mass is 32.2. The fourth-order valence-corrected chi connectivity index (χ4v) is 4.83. The highest BCUT2D eigenvalue weighted by Gasteiger charge is 2.21. The van der Waals surface area contributed by atoms with E-state index in [-0.39, 0.29) is 6.54 Å². The van der Waals surface area contributed by atoms with Gasteiger partial charge in [0.1, 0.15) is 6.54 Å². The molecule has 4 rings (SSSR count). The molecule has 160 valence electrons. The minimum Gasteiger partial charge on any atom is -0.341 e. The van der Waals surface area contributed by atoms with Crippen LogP contribution in [0.15, 0.2) is 66.7 Å². The molecule has 0 saturated heterocycles. The third kappa shape index (κ3) is 4.14. The fourth-order valence-electron chi connectivity index (χ4n) is 3.99. The summed E-state index contributed by atoms with van der Waals surface area (Å²) in [7, 11) is -3.62. The zero-order chi connectivity index (χ0) is 22.2. The van der Waals surface area contributed by atoms with E-state index in [9.17, 15) is 13.2 Å². The molecule has 0 bridgehead atoms. The summed E-state index contributed by atoms with van der Waals surface area (Å²) in [6.07, 6.45) is 1.11. The Kier molecular flexibility index (Phi) is 5.45. The van der Waals surface area contributed by atoms with Crippen LogP contribution in [0.5, 0.6) is 0 Å². The Balaban J connectivity index is 1.64. The van der Waals surface area contributed by atoms with Crippen molar-refractivity contribution in [3.63, 3.8) is 0 Å². The number of carbonyl (C=O) groups is 1. The molecule has 0 aliphatic heterocycles. The highest BCUT2D eigenvalue weighted by Crippen LogP contribution is 2.31. The van der Waals surface area contributed by atoms with E-state index < -0.39 is 15.9 Å². The first-order valence-corrected chi connectivity index (χ1v) is 12.0. The molecule has 0 aliphatic rings. The quantitative estimate of drug-likeness (QED) is 0.484. The Morgan fingerprint density at radius 3 is 2.42 bits per heavy atom. The van der Waals surface area contributed by atoms with Crippen molar-refractivity contribution in [1.82, 2.24) is 4.57 Å². The summed E-state index contributed by atoms with van der Waals surface area (Å²) < 4.78 is 28.0. The van der Waals surface area contributed by atoms with Crippen LogP contribution >= 0.6 is 0 Å². The van der Waals surface area contributed by atoms with Gasteiger partial charge in [-0.1, -0.05) is 30.3 Å². The second kappa shape index (κ2) is 8.07. The second-order valence-corrected chi connectivity index (χ2v) is 9.56. The highest BCUT2D eigenvalue weighted by molar-refractivity contribution is 7.92. The van der Waals surface area contributed by atoms with Crippen molar-refractivity contribution < 1.29 is 13.2 Å². The Labute approximate surface area is 182 Å². The average Bonchev–Trinajstić information content (AvgIpc) is 3.04. The maximum Gasteiger partial charge on any atom is 0.245 e. The number of nitrogens with zero attached hydrogens (tertiary/aromatic N) is 2. The number of benzene rings is 3. The zero-order valence-corrected chi connectivity index (χ0v) is 18.6. The van der Waals surface area contributed by atoms with Crippen LogP contribution < -0.4 is 9.62 Å². The zero-order valence-electron chi connectivity index (χ0n) is 17.8. The standard InChI is InChI=1S/C24H25N3O3S/c1-4-26-22-11-6-5-10-20(22)21-15-18(12-13-23(21)26)25-24(28)16-27(31(3,29)30)19-9-7-8-17(2)14-19/h5-15H,4,16H2,1-3H3,(H,25,28). The van der Waals surface area contributed by atoms with Gasteiger partial charge in [0.2, 0.25) is 15.9 Å². The van der Waals surface area contributed by atoms with Crippen LogP contribution in [-0.4, -0.2) is 31.7 Å². The van der Waals surface area contributed by atoms with Crippen molar-refractivity contribution in [3.05, 3.63) is 72.3 Å². The van der Waals surface area contributed by atoms with E-state index in [1.165, 1.54) is 0 Å². The maximum absolute atomic E-state index is 12.8. The number of anilines is 2. The second-order valence-electron chi connectivity index (χ2n) is 7.65. The molecule has 0 saturated carbocycles. The van der Waals surface area contributed by atoms with Crippen LogP contribution in [0.25, 0.3) is 21.8 Å². The molecule has 0 atom stereocenters. The summed E-state index contributed by atoms with van der Waals surface area (Å²) in [6, 6.07) is 21.0. The van der Waals surface area contributed by atoms with E-state index in [0.29, 0.717) is 11.4 Å². The minimum absolute atomic E-state index is 0.295. The van der Waals surface area contributed by atoms with Gasteiger partial charge in [0.15, 0.2) is 0 Å². The smallest absolute Gasteiger partial charge is 0.245 e. The van der Waals surface area contributed by atoms with Crippen molar-refractivity contribution >= 4 is 49.1 Å². The molecule has 31 heavy (non-hydrogen) atoms. The monoisotopic (exact) mass is 435 g/mol. The third-order valence-corrected chi connectivity index (χ3v) is 6.49. The summed E-state index contributed by atoms with van der Waals surface area (Å²) in [4.78, 5) is 12.8. The third-order valence-electron chi connectivity index (χ3n) is 5.35. The normalized spacial score (nSPS) is 11.7. The van der Waals surface area contributed by atoms with Gasteiger partial charge in [-0.25, -0.2) is 8.42 Å². The van der Waals surface area contributed by atoms with E-state index >= 15 is 0 Å². The van der Waals surface area contributed by atoms with E-state index in [2.05, 4.69) is 28.9 Å². The Hall–Kier alpha value is -3.32. The first-order valence-electron chi connectivity index (χ1n) is 10.1. The first kappa shape index (κ1) is 20.9. The minimum atomic E-state index is -3.62. The Bertz CT molecular complexity index is 1390. The number of carbonyl (C=O) groups excluding carboxylic acids is 1. The van der Waals surface area contributed by atoms with Crippen molar-refractivity contribution in [3.8, 4) is 0 Å². The summed E-state index contributed by atoms with van der Waals surface area (Å²) >= 11 is 0. The molecule has 1 amide bonds. The van der Waals surface area contributed by atoms with Gasteiger partial charge in [-0.2, -0.15) is 0 Å². The maximum atomic E-state index is 12.8. The van der Waals surface area contributed by atoms with Gasteiger partial charge in [-0.05, 0) is 55.8 Å². The van der Waals surface area contributed by atoms with Gasteiger partial charge in [0.05, 0.1) is 11.9 Å². The molecule has 6 nitrogen and oxygen atoms in total. The van der Waals surface area contributed by atoms with Gasteiger partial charge in [0.25, 0.3) is 0 Å². The summed E-state index contributed by atoms with van der Waals surface area (Å²) in [5.41, 5.74) is 4.27. The molecular formula is C24H25N3O3S. The summed E-state index contributed by atoms with van der Waals surface area (Å²) in [5.74, 6) is -0.398. The van der Waals surface area contributed by atoms with E-state index in [1.54, 1.807) is 18.2 Å². The molecule has 0 spiro atoms. The molecular weight excluding hydrogens is 410 g/mol. The number of fused-ring (bicyclic) bond motifs is 3. The van der Waals surface area contributed by atoms with Crippen molar-refractivity contribution in [2.24, 2.45) is 0 Å². The predicted molar refractivity (Wildman–Crippen MR) is 127 cm³/mol. The van der Waals surface area contributed by atoms with Gasteiger partial charge < -0.3 is 9.88 Å². The van der Waals surface area contributed by atoms with Crippen molar-refractivity contribution in [1.29, 1.82) is 0 Å². The number of hydrogen-bond acceptors (Lipinski definition) is 3. The number of sulfonamides is 1. The number of aryl methyl sites for hydroxylation is 2. The number of hydrogen-bond donors (Lipinski definition) is 1. The van der Waals surface area contributed by atoms with Crippen molar-refractivity contribution in [2.45, 2.75) is 20.4 Å². The lowest BCUT2D eigenvalue weighted by molar-refractivity contribution is -0.114. The number of nitrogens with one attached hydrogen (secondary N) is 1. The number of aromatic nitrogens is 1. The number of para-hydroxylation sites is 1. The molecule has 3 aromatic carbocycles. The molecule has 7 heteroatoms. The van der Waals surface area contributed by atoms with Crippen LogP contribution in [0.2, 0.25) is 0 Å². The molecule has 1 aromatic heterocycles. The van der Waals surface area contributed by atoms with Gasteiger partial charge in [-0.15, -0.1) is 0 Å². The molecule has 0 radical (unpaired) electrons. The molecule has 1 N–H and O–H groups in total. The first-order chi connectivity index (χ1) is 14.8. The SMILES string of the molecule is CCn1c2ccccc2c2cc(NC(=O)CN(c3cccc(C)c3)S(C)(=O)=O)ccc21. The average molecular weight is 436 g/mol. The van der Waals surface area contributed by atoms with Crippen molar-refractivity contribution in [2.75, 3.05) is 22.4 Å². The van der Waals surface area contributed by atoms with Gasteiger partial charge >= 0.3 is 0 Å². The molecule has 0 aliphatic carbocycles. The van der Waals surface area contributed by atoms with Crippen LogP contribution in [0, 0.1) is 6.92 Å². The molecule has 0 fully saturated rings. The summed E-state index contributed by atoms with van der Waals surface area (Å²) in [5, 5.41) is 5.03. The number of rotatable bonds is 6. The molecule has 1 heterocycles. The Morgan fingerprint density at radius 1 is 0.968 bits per heavy atom. The Morgan fingerprint density at radius 2 is 1.71 bits per heavy atom. The van der Waals surface area contributed by atoms with Gasteiger partial charge in [-0.3, -0.25) is 9.10 Å². The largest absolute Gasteiger partial charge is 0.341 e.